The largest absolute Gasteiger partial charge is 0.478 e. The molecule has 0 amide bonds. The highest BCUT2D eigenvalue weighted by atomic mass is 16.5. The van der Waals surface area contributed by atoms with E-state index in [0.717, 1.165) is 44.5 Å². The first-order valence-electron chi connectivity index (χ1n) is 18.9. The zero-order valence-electron chi connectivity index (χ0n) is 33.3. The zero-order chi connectivity index (χ0) is 42.6. The van der Waals surface area contributed by atoms with E-state index in [1.165, 1.54) is 36.4 Å². The highest BCUT2D eigenvalue weighted by Crippen LogP contribution is 2.59. The molecule has 10 nitrogen and oxygen atoms in total. The number of carboxylic acids is 4. The van der Waals surface area contributed by atoms with Gasteiger partial charge in [-0.2, -0.15) is 0 Å². The summed E-state index contributed by atoms with van der Waals surface area (Å²) in [6.45, 7) is 12.5. The van der Waals surface area contributed by atoms with Crippen molar-refractivity contribution in [3.05, 3.63) is 177 Å². The van der Waals surface area contributed by atoms with Gasteiger partial charge < -0.3 is 29.9 Å². The maximum atomic E-state index is 12.3. The molecule has 0 fully saturated rings. The molecule has 0 unspecified atom stereocenters. The van der Waals surface area contributed by atoms with Crippen LogP contribution in [0.2, 0.25) is 0 Å². The van der Waals surface area contributed by atoms with Crippen molar-refractivity contribution in [3.8, 4) is 34.1 Å². The second-order valence-corrected chi connectivity index (χ2v) is 16.5. The van der Waals surface area contributed by atoms with Gasteiger partial charge in [0.1, 0.15) is 34.1 Å². The summed E-state index contributed by atoms with van der Waals surface area (Å²) in [5, 5.41) is 39.7. The van der Waals surface area contributed by atoms with Crippen LogP contribution in [-0.2, 0) is 16.2 Å². The molecule has 0 aliphatic heterocycles. The van der Waals surface area contributed by atoms with Crippen LogP contribution in [0.25, 0.3) is 11.1 Å². The van der Waals surface area contributed by atoms with E-state index >= 15 is 0 Å². The Balaban J connectivity index is 1.52. The molecule has 0 aromatic heterocycles. The summed E-state index contributed by atoms with van der Waals surface area (Å²) in [5.41, 5.74) is 4.00. The van der Waals surface area contributed by atoms with Crippen molar-refractivity contribution in [1.82, 2.24) is 0 Å². The van der Waals surface area contributed by atoms with Gasteiger partial charge in [-0.15, -0.1) is 0 Å². The Morgan fingerprint density at radius 2 is 0.814 bits per heavy atom. The minimum atomic E-state index is -1.43. The van der Waals surface area contributed by atoms with E-state index in [1.54, 1.807) is 12.1 Å². The summed E-state index contributed by atoms with van der Waals surface area (Å²) in [4.78, 5) is 48.7. The Bertz CT molecular complexity index is 2530. The predicted molar refractivity (Wildman–Crippen MR) is 222 cm³/mol. The molecule has 59 heavy (non-hydrogen) atoms. The molecule has 10 heteroatoms. The lowest BCUT2D eigenvalue weighted by Gasteiger charge is -2.41. The average molecular weight is 791 g/mol. The van der Waals surface area contributed by atoms with Crippen molar-refractivity contribution in [3.63, 3.8) is 0 Å². The molecule has 0 heterocycles. The van der Waals surface area contributed by atoms with E-state index in [0.29, 0.717) is 11.5 Å². The van der Waals surface area contributed by atoms with E-state index < -0.39 is 62.4 Å². The molecule has 0 radical (unpaired) electrons. The van der Waals surface area contributed by atoms with Crippen LogP contribution in [0.5, 0.6) is 23.0 Å². The number of hydrogen-bond acceptors (Lipinski definition) is 6. The van der Waals surface area contributed by atoms with Crippen molar-refractivity contribution in [2.45, 2.75) is 57.8 Å². The van der Waals surface area contributed by atoms with Gasteiger partial charge in [-0.05, 0) is 104 Å². The summed E-state index contributed by atoms with van der Waals surface area (Å²) in [6.07, 6.45) is 0. The summed E-state index contributed by atoms with van der Waals surface area (Å²) in [6, 6.07) is 36.0. The summed E-state index contributed by atoms with van der Waals surface area (Å²) in [5.74, 6) is -5.22. The minimum absolute atomic E-state index is 0.109. The topological polar surface area (TPSA) is 168 Å². The lowest BCUT2D eigenvalue weighted by Crippen LogP contribution is -2.35. The van der Waals surface area contributed by atoms with Crippen LogP contribution in [0.15, 0.2) is 121 Å². The van der Waals surface area contributed by atoms with Gasteiger partial charge in [-0.3, -0.25) is 0 Å². The smallest absolute Gasteiger partial charge is 0.340 e. The fraction of sp³-hybridized carbons (Fsp3) is 0.184. The summed E-state index contributed by atoms with van der Waals surface area (Å²) in [7, 11) is 0. The Morgan fingerprint density at radius 1 is 0.441 bits per heavy atom. The van der Waals surface area contributed by atoms with Crippen LogP contribution in [0.1, 0.15) is 116 Å². The number of carboxylic acid groups (broad SMARTS) is 4. The van der Waals surface area contributed by atoms with E-state index in [1.807, 2.05) is 48.5 Å². The molecule has 4 N–H and O–H groups in total. The molecule has 0 bridgehead atoms. The predicted octanol–water partition coefficient (Wildman–Crippen LogP) is 11.0. The van der Waals surface area contributed by atoms with Crippen molar-refractivity contribution >= 4 is 23.9 Å². The van der Waals surface area contributed by atoms with Crippen molar-refractivity contribution in [2.24, 2.45) is 0 Å². The Kier molecular flexibility index (Phi) is 9.92. The van der Waals surface area contributed by atoms with Crippen LogP contribution in [-0.4, -0.2) is 44.3 Å². The highest BCUT2D eigenvalue weighted by Gasteiger charge is 2.50. The fourth-order valence-corrected chi connectivity index (χ4v) is 8.31. The van der Waals surface area contributed by atoms with Gasteiger partial charge in [0.05, 0.1) is 16.5 Å². The maximum Gasteiger partial charge on any atom is 0.340 e. The molecular weight excluding hydrogens is 749 g/mol. The molecule has 6 aromatic carbocycles. The monoisotopic (exact) mass is 790 g/mol. The number of benzene rings is 6. The lowest BCUT2D eigenvalue weighted by molar-refractivity contribution is 0.0649. The molecule has 1 aliphatic rings. The quantitative estimate of drug-likeness (QED) is 0.105. The number of aromatic carboxylic acids is 4. The number of ether oxygens (including phenoxy) is 2. The molecule has 0 saturated carbocycles. The van der Waals surface area contributed by atoms with Crippen molar-refractivity contribution in [2.75, 3.05) is 0 Å². The first kappa shape index (κ1) is 40.0. The van der Waals surface area contributed by atoms with Crippen molar-refractivity contribution < 1.29 is 49.1 Å². The van der Waals surface area contributed by atoms with Gasteiger partial charge in [0.2, 0.25) is 0 Å². The van der Waals surface area contributed by atoms with E-state index in [4.69, 9.17) is 9.47 Å². The summed E-state index contributed by atoms with van der Waals surface area (Å²) < 4.78 is 12.5. The van der Waals surface area contributed by atoms with Gasteiger partial charge >= 0.3 is 23.9 Å². The summed E-state index contributed by atoms with van der Waals surface area (Å²) >= 11 is 0. The number of hydrogen-bond donors (Lipinski definition) is 4. The Hall–Kier alpha value is -7.20. The molecule has 0 spiro atoms. The van der Waals surface area contributed by atoms with E-state index in [2.05, 4.69) is 65.8 Å². The molecule has 1 aliphatic carbocycles. The number of carbonyl (C=O) groups is 4. The lowest BCUT2D eigenvalue weighted by atomic mass is 9.61. The molecule has 0 saturated heterocycles. The van der Waals surface area contributed by atoms with Crippen LogP contribution >= 0.6 is 0 Å². The standard InChI is InChI=1S/C49H42O10/c1-47(2,3)37-25-27(58-39-19-11-15-31(43(50)51)41(39)45(54)55)21-23-35(37)49(33-17-9-7-13-29(33)30-14-8-10-18-34(30)49)36-24-22-28(26-38(36)48(4,5)6)59-40-20-12-16-32(44(52)53)42(40)46(56)57/h7-26H,1-6H3,(H,50,51)(H,52,53)(H,54,55)(H,56,57). The highest BCUT2D eigenvalue weighted by molar-refractivity contribution is 6.04. The zero-order valence-corrected chi connectivity index (χ0v) is 33.3. The van der Waals surface area contributed by atoms with Gasteiger partial charge in [0, 0.05) is 0 Å². The van der Waals surface area contributed by atoms with Gasteiger partial charge in [0.25, 0.3) is 0 Å². The third-order valence-corrected chi connectivity index (χ3v) is 10.8. The fourth-order valence-electron chi connectivity index (χ4n) is 8.31. The van der Waals surface area contributed by atoms with Crippen molar-refractivity contribution in [1.29, 1.82) is 0 Å². The van der Waals surface area contributed by atoms with Gasteiger partial charge in [-0.1, -0.05) is 114 Å². The van der Waals surface area contributed by atoms with Gasteiger partial charge in [0.15, 0.2) is 0 Å². The van der Waals surface area contributed by atoms with Crippen LogP contribution in [0, 0.1) is 0 Å². The first-order chi connectivity index (χ1) is 27.8. The second-order valence-electron chi connectivity index (χ2n) is 16.5. The molecular formula is C49H42O10. The van der Waals surface area contributed by atoms with Crippen LogP contribution in [0.4, 0.5) is 0 Å². The maximum absolute atomic E-state index is 12.3. The third kappa shape index (κ3) is 6.86. The molecule has 7 rings (SSSR count). The molecule has 0 atom stereocenters. The normalized spacial score (nSPS) is 12.9. The number of rotatable bonds is 10. The minimum Gasteiger partial charge on any atom is -0.478 e. The Labute approximate surface area is 341 Å². The Morgan fingerprint density at radius 3 is 1.15 bits per heavy atom. The van der Waals surface area contributed by atoms with Gasteiger partial charge in [-0.25, -0.2) is 19.2 Å². The number of fused-ring (bicyclic) bond motifs is 3. The molecule has 6 aromatic rings. The SMILES string of the molecule is CC(C)(C)c1cc(Oc2cccc(C(=O)O)c2C(=O)O)ccc1C1(c2ccc(Oc3cccc(C(=O)O)c3C(=O)O)cc2C(C)(C)C)c2ccccc2-c2ccccc21. The second kappa shape index (κ2) is 14.6. The van der Waals surface area contributed by atoms with E-state index in [-0.39, 0.29) is 11.5 Å². The first-order valence-corrected chi connectivity index (χ1v) is 18.9. The van der Waals surface area contributed by atoms with E-state index in [9.17, 15) is 39.6 Å². The average Bonchev–Trinajstić information content (AvgIpc) is 3.47. The molecule has 298 valence electrons. The third-order valence-electron chi connectivity index (χ3n) is 10.8. The van der Waals surface area contributed by atoms with Crippen LogP contribution < -0.4 is 9.47 Å². The van der Waals surface area contributed by atoms with Crippen LogP contribution in [0.3, 0.4) is 0 Å².